The van der Waals surface area contributed by atoms with Gasteiger partial charge in [0.15, 0.2) is 0 Å². The number of halogens is 1. The summed E-state index contributed by atoms with van der Waals surface area (Å²) in [6, 6.07) is 0.482. The van der Waals surface area contributed by atoms with Gasteiger partial charge >= 0.3 is 0 Å². The molecule has 0 saturated carbocycles. The second-order valence-corrected chi connectivity index (χ2v) is 6.42. The molecule has 20 heavy (non-hydrogen) atoms. The smallest absolute Gasteiger partial charge is 0.231 e. The molecule has 0 bridgehead atoms. The number of morpholine rings is 1. The fourth-order valence-electron chi connectivity index (χ4n) is 2.38. The summed E-state index contributed by atoms with van der Waals surface area (Å²) in [5.41, 5.74) is 0. The van der Waals surface area contributed by atoms with E-state index in [2.05, 4.69) is 24.8 Å². The van der Waals surface area contributed by atoms with Crippen molar-refractivity contribution in [1.82, 2.24) is 15.0 Å². The van der Waals surface area contributed by atoms with Gasteiger partial charge in [-0.3, -0.25) is 0 Å². The van der Waals surface area contributed by atoms with Crippen LogP contribution < -0.4 is 9.80 Å². The van der Waals surface area contributed by atoms with Crippen molar-refractivity contribution < 1.29 is 4.74 Å². The summed E-state index contributed by atoms with van der Waals surface area (Å²) in [6.07, 6.45) is 1.16. The molecule has 1 aromatic heterocycles. The normalized spacial score (nSPS) is 23.1. The van der Waals surface area contributed by atoms with Crippen LogP contribution in [-0.2, 0) is 4.74 Å². The van der Waals surface area contributed by atoms with Crippen molar-refractivity contribution in [2.45, 2.75) is 12.5 Å². The maximum atomic E-state index is 6.07. The second kappa shape index (κ2) is 6.32. The van der Waals surface area contributed by atoms with Gasteiger partial charge < -0.3 is 14.5 Å². The van der Waals surface area contributed by atoms with Gasteiger partial charge in [0.05, 0.1) is 13.2 Å². The maximum Gasteiger partial charge on any atom is 0.231 e. The van der Waals surface area contributed by atoms with Gasteiger partial charge in [-0.15, -0.1) is 0 Å². The molecule has 1 aromatic rings. The number of thioether (sulfide) groups is 1. The lowest BCUT2D eigenvalue weighted by Crippen LogP contribution is -2.38. The Morgan fingerprint density at radius 2 is 2.10 bits per heavy atom. The number of rotatable bonds is 3. The van der Waals surface area contributed by atoms with Gasteiger partial charge in [-0.25, -0.2) is 0 Å². The van der Waals surface area contributed by atoms with Crippen LogP contribution in [0.5, 0.6) is 0 Å². The summed E-state index contributed by atoms with van der Waals surface area (Å²) in [6.45, 7) is 2.99. The third kappa shape index (κ3) is 3.10. The molecule has 1 unspecified atom stereocenters. The SMILES string of the molecule is CN(c1nc(Cl)nc(N2CCOCC2)n1)C1CCSC1. The summed E-state index contributed by atoms with van der Waals surface area (Å²) in [5.74, 6) is 3.64. The molecule has 0 spiro atoms. The van der Waals surface area contributed by atoms with E-state index in [1.807, 2.05) is 18.8 Å². The van der Waals surface area contributed by atoms with Gasteiger partial charge in [0.25, 0.3) is 0 Å². The van der Waals surface area contributed by atoms with E-state index in [0.29, 0.717) is 31.2 Å². The molecule has 110 valence electrons. The molecule has 0 aliphatic carbocycles. The van der Waals surface area contributed by atoms with E-state index < -0.39 is 0 Å². The summed E-state index contributed by atoms with van der Waals surface area (Å²) >= 11 is 8.04. The van der Waals surface area contributed by atoms with Crippen LogP contribution in [0.1, 0.15) is 6.42 Å². The lowest BCUT2D eigenvalue weighted by molar-refractivity contribution is 0.122. The molecule has 3 heterocycles. The van der Waals surface area contributed by atoms with E-state index >= 15 is 0 Å². The molecule has 2 aliphatic heterocycles. The highest BCUT2D eigenvalue weighted by atomic mass is 35.5. The van der Waals surface area contributed by atoms with Crippen LogP contribution in [-0.4, -0.2) is 65.9 Å². The molecule has 0 amide bonds. The molecular weight excluding hydrogens is 298 g/mol. The lowest BCUT2D eigenvalue weighted by atomic mass is 10.2. The fraction of sp³-hybridized carbons (Fsp3) is 0.750. The molecule has 8 heteroatoms. The molecule has 2 aliphatic rings. The van der Waals surface area contributed by atoms with Crippen molar-refractivity contribution in [1.29, 1.82) is 0 Å². The Bertz CT molecular complexity index is 465. The van der Waals surface area contributed by atoms with E-state index in [1.165, 1.54) is 5.75 Å². The minimum Gasteiger partial charge on any atom is -0.378 e. The molecule has 3 rings (SSSR count). The third-order valence-electron chi connectivity index (χ3n) is 3.65. The lowest BCUT2D eigenvalue weighted by Gasteiger charge is -2.28. The van der Waals surface area contributed by atoms with Crippen LogP contribution in [0.2, 0.25) is 5.28 Å². The Morgan fingerprint density at radius 3 is 2.80 bits per heavy atom. The predicted molar refractivity (Wildman–Crippen MR) is 82.0 cm³/mol. The molecule has 1 atom stereocenters. The van der Waals surface area contributed by atoms with Crippen LogP contribution in [0.15, 0.2) is 0 Å². The van der Waals surface area contributed by atoms with E-state index in [1.54, 1.807) is 0 Å². The largest absolute Gasteiger partial charge is 0.378 e. The molecule has 0 radical (unpaired) electrons. The first-order valence-corrected chi connectivity index (χ1v) is 8.32. The van der Waals surface area contributed by atoms with E-state index in [9.17, 15) is 0 Å². The highest BCUT2D eigenvalue weighted by Gasteiger charge is 2.24. The Hall–Kier alpha value is -0.790. The molecule has 0 N–H and O–H groups in total. The highest BCUT2D eigenvalue weighted by Crippen LogP contribution is 2.25. The minimum absolute atomic E-state index is 0.258. The molecule has 6 nitrogen and oxygen atoms in total. The fourth-order valence-corrected chi connectivity index (χ4v) is 3.80. The number of ether oxygens (including phenoxy) is 1. The zero-order valence-electron chi connectivity index (χ0n) is 11.5. The van der Waals surface area contributed by atoms with Crippen molar-refractivity contribution in [3.05, 3.63) is 5.28 Å². The number of aromatic nitrogens is 3. The first-order valence-electron chi connectivity index (χ1n) is 6.79. The number of anilines is 2. The van der Waals surface area contributed by atoms with E-state index in [0.717, 1.165) is 25.3 Å². The summed E-state index contributed by atoms with van der Waals surface area (Å²) in [4.78, 5) is 17.3. The van der Waals surface area contributed by atoms with E-state index in [-0.39, 0.29) is 5.28 Å². The monoisotopic (exact) mass is 315 g/mol. The highest BCUT2D eigenvalue weighted by molar-refractivity contribution is 7.99. The Kier molecular flexibility index (Phi) is 4.48. The van der Waals surface area contributed by atoms with Crippen LogP contribution in [0.3, 0.4) is 0 Å². The average Bonchev–Trinajstić information content (AvgIpc) is 3.01. The first-order chi connectivity index (χ1) is 9.74. The van der Waals surface area contributed by atoms with Crippen molar-refractivity contribution in [2.75, 3.05) is 54.7 Å². The van der Waals surface area contributed by atoms with Gasteiger partial charge in [0.2, 0.25) is 17.2 Å². The number of hydrogen-bond donors (Lipinski definition) is 0. The van der Waals surface area contributed by atoms with E-state index in [4.69, 9.17) is 16.3 Å². The third-order valence-corrected chi connectivity index (χ3v) is 4.96. The molecule has 2 fully saturated rings. The molecule has 0 aromatic carbocycles. The first kappa shape index (κ1) is 14.2. The second-order valence-electron chi connectivity index (χ2n) is 4.93. The van der Waals surface area contributed by atoms with Crippen LogP contribution in [0, 0.1) is 0 Å². The zero-order valence-corrected chi connectivity index (χ0v) is 13.0. The van der Waals surface area contributed by atoms with Crippen molar-refractivity contribution in [2.24, 2.45) is 0 Å². The van der Waals surface area contributed by atoms with Gasteiger partial charge in [0, 0.05) is 31.9 Å². The summed E-state index contributed by atoms with van der Waals surface area (Å²) < 4.78 is 5.35. The van der Waals surface area contributed by atoms with Gasteiger partial charge in [-0.05, 0) is 23.8 Å². The van der Waals surface area contributed by atoms with Crippen molar-refractivity contribution in [3.63, 3.8) is 0 Å². The average molecular weight is 316 g/mol. The summed E-state index contributed by atoms with van der Waals surface area (Å²) in [5, 5.41) is 0.258. The zero-order chi connectivity index (χ0) is 13.9. The number of hydrogen-bond acceptors (Lipinski definition) is 7. The number of nitrogens with zero attached hydrogens (tertiary/aromatic N) is 5. The predicted octanol–water partition coefficient (Wildman–Crippen LogP) is 1.30. The topological polar surface area (TPSA) is 54.4 Å². The van der Waals surface area contributed by atoms with Gasteiger partial charge in [0.1, 0.15) is 0 Å². The minimum atomic E-state index is 0.258. The molecule has 2 saturated heterocycles. The van der Waals surface area contributed by atoms with Gasteiger partial charge in [-0.2, -0.15) is 26.7 Å². The summed E-state index contributed by atoms with van der Waals surface area (Å²) in [7, 11) is 2.03. The maximum absolute atomic E-state index is 6.07. The van der Waals surface area contributed by atoms with Crippen LogP contribution in [0.4, 0.5) is 11.9 Å². The van der Waals surface area contributed by atoms with Gasteiger partial charge in [-0.1, -0.05) is 0 Å². The Labute approximate surface area is 127 Å². The van der Waals surface area contributed by atoms with Crippen LogP contribution >= 0.6 is 23.4 Å². The molecular formula is C12H18ClN5OS. The quantitative estimate of drug-likeness (QED) is 0.833. The Balaban J connectivity index is 1.81. The standard InChI is InChI=1S/C12H18ClN5OS/c1-17(9-2-7-20-8-9)11-14-10(13)15-12(16-11)18-3-5-19-6-4-18/h9H,2-8H2,1H3. The van der Waals surface area contributed by atoms with Crippen molar-refractivity contribution >= 4 is 35.3 Å². The van der Waals surface area contributed by atoms with Crippen LogP contribution in [0.25, 0.3) is 0 Å². The van der Waals surface area contributed by atoms with Crippen molar-refractivity contribution in [3.8, 4) is 0 Å². The Morgan fingerprint density at radius 1 is 1.30 bits per heavy atom.